The molecule has 0 aromatic heterocycles. The molecule has 1 unspecified atom stereocenters. The summed E-state index contributed by atoms with van der Waals surface area (Å²) in [6.45, 7) is 6.27. The summed E-state index contributed by atoms with van der Waals surface area (Å²) in [5, 5.41) is 0. The number of hydrogen-bond acceptors (Lipinski definition) is 3. The van der Waals surface area contributed by atoms with Crippen LogP contribution in [0.1, 0.15) is 32.8 Å². The first-order valence-electron chi connectivity index (χ1n) is 7.50. The molecule has 0 aliphatic carbocycles. The van der Waals surface area contributed by atoms with Crippen LogP contribution in [-0.4, -0.2) is 35.5 Å². The third-order valence-electron chi connectivity index (χ3n) is 3.62. The molecule has 1 aromatic carbocycles. The van der Waals surface area contributed by atoms with Crippen LogP contribution in [0.15, 0.2) is 24.3 Å². The van der Waals surface area contributed by atoms with Crippen LogP contribution >= 0.6 is 0 Å². The van der Waals surface area contributed by atoms with Crippen molar-refractivity contribution >= 4 is 11.9 Å². The van der Waals surface area contributed by atoms with Crippen molar-refractivity contribution in [2.45, 2.75) is 39.2 Å². The van der Waals surface area contributed by atoms with Crippen LogP contribution in [0.3, 0.4) is 0 Å². The van der Waals surface area contributed by atoms with Gasteiger partial charge in [-0.2, -0.15) is 0 Å². The topological polar surface area (TPSA) is 46.6 Å². The van der Waals surface area contributed by atoms with E-state index in [1.807, 2.05) is 20.8 Å². The quantitative estimate of drug-likeness (QED) is 0.861. The normalized spacial score (nSPS) is 18.4. The molecular weight excluding hydrogens is 285 g/mol. The Bertz CT molecular complexity index is 565. The molecule has 1 saturated heterocycles. The SMILES string of the molecule is CC(C)(C)OC(=O)N1CCC(C(=O)Cc2ccccc2F)C1. The van der Waals surface area contributed by atoms with E-state index in [1.165, 1.54) is 6.07 Å². The summed E-state index contributed by atoms with van der Waals surface area (Å²) < 4.78 is 18.9. The lowest BCUT2D eigenvalue weighted by Crippen LogP contribution is -2.36. The highest BCUT2D eigenvalue weighted by molar-refractivity contribution is 5.84. The molecule has 1 aliphatic rings. The highest BCUT2D eigenvalue weighted by Crippen LogP contribution is 2.22. The van der Waals surface area contributed by atoms with E-state index >= 15 is 0 Å². The Kier molecular flexibility index (Phi) is 4.84. The number of carbonyl (C=O) groups is 2. The van der Waals surface area contributed by atoms with E-state index in [1.54, 1.807) is 23.1 Å². The summed E-state index contributed by atoms with van der Waals surface area (Å²) in [4.78, 5) is 25.8. The molecule has 1 amide bonds. The molecule has 0 radical (unpaired) electrons. The van der Waals surface area contributed by atoms with Crippen LogP contribution < -0.4 is 0 Å². The Morgan fingerprint density at radius 3 is 2.64 bits per heavy atom. The zero-order valence-electron chi connectivity index (χ0n) is 13.3. The molecule has 120 valence electrons. The van der Waals surface area contributed by atoms with Gasteiger partial charge in [-0.1, -0.05) is 18.2 Å². The van der Waals surface area contributed by atoms with E-state index < -0.39 is 11.7 Å². The van der Waals surface area contributed by atoms with E-state index in [2.05, 4.69) is 0 Å². The van der Waals surface area contributed by atoms with Crippen molar-refractivity contribution in [2.75, 3.05) is 13.1 Å². The van der Waals surface area contributed by atoms with Gasteiger partial charge in [0.1, 0.15) is 17.2 Å². The minimum absolute atomic E-state index is 0.0313. The molecule has 4 nitrogen and oxygen atoms in total. The zero-order valence-corrected chi connectivity index (χ0v) is 13.3. The second-order valence-corrected chi connectivity index (χ2v) is 6.65. The average molecular weight is 307 g/mol. The lowest BCUT2D eigenvalue weighted by atomic mass is 9.97. The van der Waals surface area contributed by atoms with Crippen molar-refractivity contribution < 1.29 is 18.7 Å². The number of halogens is 1. The number of ketones is 1. The molecule has 1 fully saturated rings. The number of amides is 1. The highest BCUT2D eigenvalue weighted by atomic mass is 19.1. The molecular formula is C17H22FNO3. The zero-order chi connectivity index (χ0) is 16.3. The van der Waals surface area contributed by atoms with Gasteiger partial charge in [0.05, 0.1) is 0 Å². The van der Waals surface area contributed by atoms with E-state index in [4.69, 9.17) is 4.74 Å². The Balaban J connectivity index is 1.91. The first kappa shape index (κ1) is 16.5. The molecule has 0 bridgehead atoms. The molecule has 1 heterocycles. The van der Waals surface area contributed by atoms with Gasteiger partial charge in [-0.25, -0.2) is 9.18 Å². The predicted octanol–water partition coefficient (Wildman–Crippen LogP) is 3.19. The van der Waals surface area contributed by atoms with Gasteiger partial charge in [0.25, 0.3) is 0 Å². The highest BCUT2D eigenvalue weighted by Gasteiger charge is 2.33. The van der Waals surface area contributed by atoms with Crippen LogP contribution in [-0.2, 0) is 16.0 Å². The number of carbonyl (C=O) groups excluding carboxylic acids is 2. The molecule has 0 N–H and O–H groups in total. The van der Waals surface area contributed by atoms with Crippen LogP contribution in [0.2, 0.25) is 0 Å². The number of benzene rings is 1. The molecule has 0 saturated carbocycles. The molecule has 1 atom stereocenters. The fourth-order valence-electron chi connectivity index (χ4n) is 2.49. The predicted molar refractivity (Wildman–Crippen MR) is 81.0 cm³/mol. The molecule has 2 rings (SSSR count). The number of hydrogen-bond donors (Lipinski definition) is 0. The van der Waals surface area contributed by atoms with Gasteiger partial charge in [0, 0.05) is 25.4 Å². The number of ether oxygens (including phenoxy) is 1. The second-order valence-electron chi connectivity index (χ2n) is 6.65. The van der Waals surface area contributed by atoms with Gasteiger partial charge in [-0.3, -0.25) is 4.79 Å². The van der Waals surface area contributed by atoms with Gasteiger partial charge >= 0.3 is 6.09 Å². The van der Waals surface area contributed by atoms with E-state index in [0.717, 1.165) is 0 Å². The smallest absolute Gasteiger partial charge is 0.410 e. The molecule has 0 spiro atoms. The molecule has 22 heavy (non-hydrogen) atoms. The maximum Gasteiger partial charge on any atom is 0.410 e. The van der Waals surface area contributed by atoms with Crippen LogP contribution in [0.4, 0.5) is 9.18 Å². The summed E-state index contributed by atoms with van der Waals surface area (Å²) in [7, 11) is 0. The standard InChI is InChI=1S/C17H22FNO3/c1-17(2,3)22-16(21)19-9-8-13(11-19)15(20)10-12-6-4-5-7-14(12)18/h4-7,13H,8-11H2,1-3H3. The fraction of sp³-hybridized carbons (Fsp3) is 0.529. The first-order chi connectivity index (χ1) is 10.3. The number of Topliss-reactive ketones (excluding diaryl/α,β-unsaturated/α-hetero) is 1. The number of likely N-dealkylation sites (tertiary alicyclic amines) is 1. The maximum absolute atomic E-state index is 13.6. The number of rotatable bonds is 3. The Morgan fingerprint density at radius 1 is 1.32 bits per heavy atom. The Morgan fingerprint density at radius 2 is 2.00 bits per heavy atom. The summed E-state index contributed by atoms with van der Waals surface area (Å²) in [6.07, 6.45) is 0.278. The van der Waals surface area contributed by atoms with Crippen molar-refractivity contribution in [3.05, 3.63) is 35.6 Å². The molecule has 5 heteroatoms. The molecule has 1 aliphatic heterocycles. The monoisotopic (exact) mass is 307 g/mol. The minimum Gasteiger partial charge on any atom is -0.444 e. The van der Waals surface area contributed by atoms with Gasteiger partial charge in [0.15, 0.2) is 0 Å². The molecule has 1 aromatic rings. The second kappa shape index (κ2) is 6.46. The maximum atomic E-state index is 13.6. The van der Waals surface area contributed by atoms with Gasteiger partial charge in [0.2, 0.25) is 0 Å². The third kappa shape index (κ3) is 4.29. The largest absolute Gasteiger partial charge is 0.444 e. The van der Waals surface area contributed by atoms with Crippen molar-refractivity contribution in [2.24, 2.45) is 5.92 Å². The van der Waals surface area contributed by atoms with E-state index in [-0.39, 0.29) is 23.9 Å². The van der Waals surface area contributed by atoms with Gasteiger partial charge in [-0.15, -0.1) is 0 Å². The third-order valence-corrected chi connectivity index (χ3v) is 3.62. The Hall–Kier alpha value is -1.91. The van der Waals surface area contributed by atoms with E-state index in [0.29, 0.717) is 25.1 Å². The summed E-state index contributed by atoms with van der Waals surface area (Å²) in [5.41, 5.74) is -0.144. The van der Waals surface area contributed by atoms with E-state index in [9.17, 15) is 14.0 Å². The van der Waals surface area contributed by atoms with Crippen molar-refractivity contribution in [1.29, 1.82) is 0 Å². The summed E-state index contributed by atoms with van der Waals surface area (Å²) in [5.74, 6) is -0.638. The van der Waals surface area contributed by atoms with Crippen molar-refractivity contribution in [1.82, 2.24) is 4.90 Å². The lowest BCUT2D eigenvalue weighted by molar-refractivity contribution is -0.121. The van der Waals surface area contributed by atoms with Crippen LogP contribution in [0, 0.1) is 11.7 Å². The van der Waals surface area contributed by atoms with Crippen LogP contribution in [0.5, 0.6) is 0 Å². The lowest BCUT2D eigenvalue weighted by Gasteiger charge is -2.24. The number of nitrogens with zero attached hydrogens (tertiary/aromatic N) is 1. The van der Waals surface area contributed by atoms with Crippen LogP contribution in [0.25, 0.3) is 0 Å². The fourth-order valence-corrected chi connectivity index (χ4v) is 2.49. The summed E-state index contributed by atoms with van der Waals surface area (Å²) in [6, 6.07) is 6.29. The minimum atomic E-state index is -0.549. The van der Waals surface area contributed by atoms with Crippen molar-refractivity contribution in [3.8, 4) is 0 Å². The summed E-state index contributed by atoms with van der Waals surface area (Å²) >= 11 is 0. The first-order valence-corrected chi connectivity index (χ1v) is 7.50. The van der Waals surface area contributed by atoms with Crippen molar-refractivity contribution in [3.63, 3.8) is 0 Å². The average Bonchev–Trinajstić information content (AvgIpc) is 2.89. The van der Waals surface area contributed by atoms with Gasteiger partial charge < -0.3 is 9.64 Å². The Labute approximate surface area is 130 Å². The van der Waals surface area contributed by atoms with Gasteiger partial charge in [-0.05, 0) is 38.8 Å².